The molecule has 0 aliphatic rings. The summed E-state index contributed by atoms with van der Waals surface area (Å²) in [4.78, 5) is 10.2. The van der Waals surface area contributed by atoms with Crippen molar-refractivity contribution in [3.05, 3.63) is 41.5 Å². The molecule has 1 aromatic rings. The van der Waals surface area contributed by atoms with Gasteiger partial charge in [0.1, 0.15) is 6.29 Å². The van der Waals surface area contributed by atoms with Crippen LogP contribution in [-0.2, 0) is 4.79 Å². The summed E-state index contributed by atoms with van der Waals surface area (Å²) in [7, 11) is 0. The highest BCUT2D eigenvalue weighted by atomic mass is 35.5. The molecule has 0 unspecified atom stereocenters. The van der Waals surface area contributed by atoms with Crippen molar-refractivity contribution in [1.29, 1.82) is 0 Å². The standard InChI is InChI=1S/C12H13ClO/c1-9(2)10-3-5-11(6-4-10)12(13)7-8-14/h3-9H,1-2H3/b12-7-. The summed E-state index contributed by atoms with van der Waals surface area (Å²) >= 11 is 5.87. The summed E-state index contributed by atoms with van der Waals surface area (Å²) in [6.07, 6.45) is 2.05. The molecule has 0 aliphatic heterocycles. The van der Waals surface area contributed by atoms with Gasteiger partial charge in [0.2, 0.25) is 0 Å². The summed E-state index contributed by atoms with van der Waals surface area (Å²) in [5, 5.41) is 0.482. The SMILES string of the molecule is CC(C)c1ccc(/C(Cl)=C/C=O)cc1. The quantitative estimate of drug-likeness (QED) is 0.548. The number of hydrogen-bond donors (Lipinski definition) is 0. The molecule has 1 aromatic carbocycles. The second-order valence-electron chi connectivity index (χ2n) is 3.43. The van der Waals surface area contributed by atoms with E-state index in [2.05, 4.69) is 13.8 Å². The van der Waals surface area contributed by atoms with Gasteiger partial charge in [-0.2, -0.15) is 0 Å². The number of benzene rings is 1. The fourth-order valence-corrected chi connectivity index (χ4v) is 1.36. The third-order valence-electron chi connectivity index (χ3n) is 2.07. The second-order valence-corrected chi connectivity index (χ2v) is 3.83. The fraction of sp³-hybridized carbons (Fsp3) is 0.250. The Morgan fingerprint density at radius 1 is 1.29 bits per heavy atom. The third-order valence-corrected chi connectivity index (χ3v) is 2.41. The molecule has 0 fully saturated rings. The Morgan fingerprint density at radius 3 is 2.29 bits per heavy atom. The minimum atomic E-state index is 0.482. The number of halogens is 1. The van der Waals surface area contributed by atoms with E-state index >= 15 is 0 Å². The first kappa shape index (κ1) is 11.0. The monoisotopic (exact) mass is 208 g/mol. The number of hydrogen-bond acceptors (Lipinski definition) is 1. The predicted octanol–water partition coefficient (Wildman–Crippen LogP) is 3.59. The maximum absolute atomic E-state index is 10.2. The highest BCUT2D eigenvalue weighted by Crippen LogP contribution is 2.21. The number of allylic oxidation sites excluding steroid dienone is 1. The van der Waals surface area contributed by atoms with Gasteiger partial charge < -0.3 is 0 Å². The molecule has 0 N–H and O–H groups in total. The molecule has 14 heavy (non-hydrogen) atoms. The van der Waals surface area contributed by atoms with Crippen LogP contribution in [0.1, 0.15) is 30.9 Å². The van der Waals surface area contributed by atoms with Crippen LogP contribution in [0.2, 0.25) is 0 Å². The van der Waals surface area contributed by atoms with Crippen molar-refractivity contribution < 1.29 is 4.79 Å². The van der Waals surface area contributed by atoms with Gasteiger partial charge in [-0.05, 0) is 23.1 Å². The number of carbonyl (C=O) groups is 1. The fourth-order valence-electron chi connectivity index (χ4n) is 1.18. The van der Waals surface area contributed by atoms with Crippen LogP contribution in [0.3, 0.4) is 0 Å². The maximum atomic E-state index is 10.2. The molecular weight excluding hydrogens is 196 g/mol. The average Bonchev–Trinajstić information content (AvgIpc) is 2.18. The van der Waals surface area contributed by atoms with E-state index in [0.717, 1.165) is 5.56 Å². The Labute approximate surface area is 89.4 Å². The van der Waals surface area contributed by atoms with Gasteiger partial charge in [0.15, 0.2) is 0 Å². The van der Waals surface area contributed by atoms with Crippen LogP contribution in [0, 0.1) is 0 Å². The van der Waals surface area contributed by atoms with Gasteiger partial charge in [-0.25, -0.2) is 0 Å². The molecule has 1 nitrogen and oxygen atoms in total. The smallest absolute Gasteiger partial charge is 0.144 e. The Morgan fingerprint density at radius 2 is 1.86 bits per heavy atom. The van der Waals surface area contributed by atoms with Crippen LogP contribution in [0.5, 0.6) is 0 Å². The van der Waals surface area contributed by atoms with Gasteiger partial charge >= 0.3 is 0 Å². The van der Waals surface area contributed by atoms with Crippen LogP contribution in [0.4, 0.5) is 0 Å². The predicted molar refractivity (Wildman–Crippen MR) is 60.4 cm³/mol. The molecule has 0 atom stereocenters. The summed E-state index contributed by atoms with van der Waals surface area (Å²) in [5.41, 5.74) is 2.15. The van der Waals surface area contributed by atoms with E-state index in [1.807, 2.05) is 24.3 Å². The summed E-state index contributed by atoms with van der Waals surface area (Å²) in [5.74, 6) is 0.512. The number of carbonyl (C=O) groups excluding carboxylic acids is 1. The van der Waals surface area contributed by atoms with Crippen LogP contribution in [0.25, 0.3) is 5.03 Å². The lowest BCUT2D eigenvalue weighted by Gasteiger charge is -2.05. The van der Waals surface area contributed by atoms with Crippen LogP contribution in [-0.4, -0.2) is 6.29 Å². The van der Waals surface area contributed by atoms with Crippen LogP contribution >= 0.6 is 11.6 Å². The zero-order valence-corrected chi connectivity index (χ0v) is 9.08. The Balaban J connectivity index is 2.93. The Bertz CT molecular complexity index is 336. The zero-order valence-electron chi connectivity index (χ0n) is 8.33. The van der Waals surface area contributed by atoms with Crippen molar-refractivity contribution >= 4 is 22.9 Å². The molecule has 1 rings (SSSR count). The van der Waals surface area contributed by atoms with Gasteiger partial charge in [0.05, 0.1) is 5.03 Å². The third kappa shape index (κ3) is 2.71. The van der Waals surface area contributed by atoms with Crippen LogP contribution in [0.15, 0.2) is 30.3 Å². The molecule has 0 heterocycles. The summed E-state index contributed by atoms with van der Waals surface area (Å²) in [6.45, 7) is 4.27. The molecule has 0 amide bonds. The van der Waals surface area contributed by atoms with E-state index in [1.54, 1.807) is 0 Å². The largest absolute Gasteiger partial charge is 0.299 e. The highest BCUT2D eigenvalue weighted by Gasteiger charge is 2.00. The minimum Gasteiger partial charge on any atom is -0.299 e. The normalized spacial score (nSPS) is 11.9. The Hall–Kier alpha value is -1.08. The molecular formula is C12H13ClO. The first-order valence-electron chi connectivity index (χ1n) is 4.56. The van der Waals surface area contributed by atoms with Crippen molar-refractivity contribution in [1.82, 2.24) is 0 Å². The Kier molecular flexibility index (Phi) is 3.90. The lowest BCUT2D eigenvalue weighted by Crippen LogP contribution is -1.87. The van der Waals surface area contributed by atoms with E-state index in [-0.39, 0.29) is 0 Å². The van der Waals surface area contributed by atoms with Crippen molar-refractivity contribution in [2.75, 3.05) is 0 Å². The molecule has 0 aliphatic carbocycles. The van der Waals surface area contributed by atoms with E-state index in [1.165, 1.54) is 11.6 Å². The van der Waals surface area contributed by atoms with Crippen molar-refractivity contribution in [2.45, 2.75) is 19.8 Å². The molecule has 0 radical (unpaired) electrons. The topological polar surface area (TPSA) is 17.1 Å². The average molecular weight is 209 g/mol. The maximum Gasteiger partial charge on any atom is 0.144 e. The van der Waals surface area contributed by atoms with Gasteiger partial charge in [0, 0.05) is 0 Å². The second kappa shape index (κ2) is 4.97. The molecule has 0 bridgehead atoms. The van der Waals surface area contributed by atoms with Gasteiger partial charge in [0.25, 0.3) is 0 Å². The van der Waals surface area contributed by atoms with E-state index in [9.17, 15) is 4.79 Å². The first-order chi connectivity index (χ1) is 6.65. The number of aldehydes is 1. The van der Waals surface area contributed by atoms with Crippen molar-refractivity contribution in [2.24, 2.45) is 0 Å². The van der Waals surface area contributed by atoms with Crippen LogP contribution < -0.4 is 0 Å². The number of rotatable bonds is 3. The molecule has 0 spiro atoms. The van der Waals surface area contributed by atoms with E-state index < -0.39 is 0 Å². The highest BCUT2D eigenvalue weighted by molar-refractivity contribution is 6.49. The molecule has 74 valence electrons. The molecule has 0 saturated carbocycles. The van der Waals surface area contributed by atoms with E-state index in [0.29, 0.717) is 17.2 Å². The zero-order chi connectivity index (χ0) is 10.6. The van der Waals surface area contributed by atoms with Crippen molar-refractivity contribution in [3.8, 4) is 0 Å². The van der Waals surface area contributed by atoms with Gasteiger partial charge in [-0.3, -0.25) is 4.79 Å². The minimum absolute atomic E-state index is 0.482. The molecule has 0 aromatic heterocycles. The lowest BCUT2D eigenvalue weighted by molar-refractivity contribution is -0.104. The molecule has 0 saturated heterocycles. The molecule has 2 heteroatoms. The van der Waals surface area contributed by atoms with E-state index in [4.69, 9.17) is 11.6 Å². The lowest BCUT2D eigenvalue weighted by atomic mass is 10.0. The first-order valence-corrected chi connectivity index (χ1v) is 4.94. The van der Waals surface area contributed by atoms with Gasteiger partial charge in [-0.1, -0.05) is 49.7 Å². The van der Waals surface area contributed by atoms with Gasteiger partial charge in [-0.15, -0.1) is 0 Å². The summed E-state index contributed by atoms with van der Waals surface area (Å²) in [6, 6.07) is 7.91. The summed E-state index contributed by atoms with van der Waals surface area (Å²) < 4.78 is 0. The van der Waals surface area contributed by atoms with Crippen molar-refractivity contribution in [3.63, 3.8) is 0 Å².